The second kappa shape index (κ2) is 2.15. The Morgan fingerprint density at radius 2 is 1.80 bits per heavy atom. The Kier molecular flexibility index (Phi) is 1.50. The molecule has 2 heteroatoms. The highest BCUT2D eigenvalue weighted by Gasteiger charge is 2.40. The smallest absolute Gasteiger partial charge is 0.0640 e. The van der Waals surface area contributed by atoms with Crippen LogP contribution in [0.25, 0.3) is 0 Å². The second-order valence-electron chi connectivity index (χ2n) is 3.86. The predicted molar refractivity (Wildman–Crippen MR) is 44.3 cm³/mol. The van der Waals surface area contributed by atoms with Crippen LogP contribution in [0.4, 0.5) is 0 Å². The fourth-order valence-electron chi connectivity index (χ4n) is 2.14. The Hall–Kier alpha value is 0.310. The molecular formula is C8H14OS. The van der Waals surface area contributed by atoms with E-state index in [2.05, 4.69) is 11.8 Å². The zero-order valence-corrected chi connectivity index (χ0v) is 7.16. The van der Waals surface area contributed by atoms with Gasteiger partial charge in [0.2, 0.25) is 0 Å². The fraction of sp³-hybridized carbons (Fsp3) is 1.00. The van der Waals surface area contributed by atoms with Crippen LogP contribution in [0, 0.1) is 0 Å². The molecule has 0 spiro atoms. The third-order valence-electron chi connectivity index (χ3n) is 2.53. The molecule has 2 unspecified atom stereocenters. The monoisotopic (exact) mass is 158 g/mol. The lowest BCUT2D eigenvalue weighted by Gasteiger charge is -2.32. The summed E-state index contributed by atoms with van der Waals surface area (Å²) in [6.45, 7) is 1.98. The van der Waals surface area contributed by atoms with Crippen LogP contribution in [0.1, 0.15) is 32.6 Å². The maximum Gasteiger partial charge on any atom is 0.0640 e. The molecule has 0 aromatic carbocycles. The van der Waals surface area contributed by atoms with Crippen LogP contribution in [0.2, 0.25) is 0 Å². The summed E-state index contributed by atoms with van der Waals surface area (Å²) < 4.78 is 0. The number of aliphatic hydroxyl groups is 1. The van der Waals surface area contributed by atoms with Crippen LogP contribution < -0.4 is 0 Å². The first kappa shape index (κ1) is 6.99. The maximum absolute atomic E-state index is 9.74. The summed E-state index contributed by atoms with van der Waals surface area (Å²) in [5.41, 5.74) is -0.336. The normalized spacial score (nSPS) is 53.4. The zero-order chi connectivity index (χ0) is 7.19. The summed E-state index contributed by atoms with van der Waals surface area (Å²) in [5, 5.41) is 11.3. The highest BCUT2D eigenvalue weighted by molar-refractivity contribution is 8.00. The van der Waals surface area contributed by atoms with Gasteiger partial charge in [0.25, 0.3) is 0 Å². The van der Waals surface area contributed by atoms with Gasteiger partial charge in [-0.15, -0.1) is 0 Å². The van der Waals surface area contributed by atoms with Crippen molar-refractivity contribution in [2.45, 2.75) is 48.7 Å². The van der Waals surface area contributed by atoms with E-state index in [-0.39, 0.29) is 5.60 Å². The van der Waals surface area contributed by atoms with Crippen molar-refractivity contribution in [3.05, 3.63) is 0 Å². The Balaban J connectivity index is 2.09. The van der Waals surface area contributed by atoms with Gasteiger partial charge < -0.3 is 5.11 Å². The lowest BCUT2D eigenvalue weighted by molar-refractivity contribution is 0.0433. The Morgan fingerprint density at radius 1 is 1.30 bits per heavy atom. The van der Waals surface area contributed by atoms with Crippen molar-refractivity contribution >= 4 is 11.8 Å². The van der Waals surface area contributed by atoms with Crippen LogP contribution in [0.15, 0.2) is 0 Å². The largest absolute Gasteiger partial charge is 0.390 e. The lowest BCUT2D eigenvalue weighted by atomic mass is 9.96. The summed E-state index contributed by atoms with van der Waals surface area (Å²) in [4.78, 5) is 0. The van der Waals surface area contributed by atoms with Crippen LogP contribution in [0.3, 0.4) is 0 Å². The Bertz CT molecular complexity index is 130. The van der Waals surface area contributed by atoms with Gasteiger partial charge in [-0.25, -0.2) is 0 Å². The molecule has 0 aromatic heterocycles. The molecule has 0 saturated carbocycles. The van der Waals surface area contributed by atoms with Crippen molar-refractivity contribution < 1.29 is 5.11 Å². The number of hydrogen-bond acceptors (Lipinski definition) is 2. The molecule has 1 N–H and O–H groups in total. The summed E-state index contributed by atoms with van der Waals surface area (Å²) in [5.74, 6) is 0. The first-order chi connectivity index (χ1) is 4.66. The van der Waals surface area contributed by atoms with Gasteiger partial charge in [0.05, 0.1) is 5.60 Å². The molecule has 2 bridgehead atoms. The van der Waals surface area contributed by atoms with Gasteiger partial charge in [0.1, 0.15) is 0 Å². The molecule has 0 amide bonds. The quantitative estimate of drug-likeness (QED) is 0.580. The van der Waals surface area contributed by atoms with Crippen molar-refractivity contribution in [3.8, 4) is 0 Å². The van der Waals surface area contributed by atoms with E-state index in [1.165, 1.54) is 12.8 Å². The number of thioether (sulfide) groups is 1. The highest BCUT2D eigenvalue weighted by atomic mass is 32.2. The molecule has 0 aliphatic carbocycles. The molecule has 2 aliphatic heterocycles. The van der Waals surface area contributed by atoms with E-state index in [0.29, 0.717) is 0 Å². The van der Waals surface area contributed by atoms with Crippen LogP contribution in [-0.4, -0.2) is 21.2 Å². The molecule has 2 atom stereocenters. The van der Waals surface area contributed by atoms with Gasteiger partial charge in [0, 0.05) is 10.5 Å². The summed E-state index contributed by atoms with van der Waals surface area (Å²) in [6.07, 6.45) is 4.72. The second-order valence-corrected chi connectivity index (χ2v) is 5.47. The van der Waals surface area contributed by atoms with E-state index in [1.807, 2.05) is 6.92 Å². The minimum atomic E-state index is -0.336. The van der Waals surface area contributed by atoms with Gasteiger partial charge in [-0.2, -0.15) is 11.8 Å². The highest BCUT2D eigenvalue weighted by Crippen LogP contribution is 2.47. The lowest BCUT2D eigenvalue weighted by Crippen LogP contribution is -2.33. The Morgan fingerprint density at radius 3 is 2.30 bits per heavy atom. The van der Waals surface area contributed by atoms with Crippen LogP contribution in [0.5, 0.6) is 0 Å². The summed E-state index contributed by atoms with van der Waals surface area (Å²) >= 11 is 2.09. The summed E-state index contributed by atoms with van der Waals surface area (Å²) in [7, 11) is 0. The van der Waals surface area contributed by atoms with Crippen molar-refractivity contribution in [2.75, 3.05) is 0 Å². The molecule has 1 nitrogen and oxygen atoms in total. The van der Waals surface area contributed by atoms with Crippen molar-refractivity contribution in [1.82, 2.24) is 0 Å². The van der Waals surface area contributed by atoms with E-state index in [9.17, 15) is 5.11 Å². The van der Waals surface area contributed by atoms with Crippen LogP contribution in [-0.2, 0) is 0 Å². The molecule has 10 heavy (non-hydrogen) atoms. The third kappa shape index (κ3) is 1.19. The minimum absolute atomic E-state index is 0.336. The SMILES string of the molecule is CC1(O)CC2CCC(C1)S2. The molecule has 2 rings (SSSR count). The molecule has 58 valence electrons. The minimum Gasteiger partial charge on any atom is -0.390 e. The standard InChI is InChI=1S/C8H14OS/c1-8(9)4-6-2-3-7(5-8)10-6/h6-7,9H,2-5H2,1H3. The third-order valence-corrected chi connectivity index (χ3v) is 4.10. The molecule has 0 aromatic rings. The zero-order valence-electron chi connectivity index (χ0n) is 6.34. The fourth-order valence-corrected chi connectivity index (χ4v) is 4.14. The average molecular weight is 158 g/mol. The van der Waals surface area contributed by atoms with E-state index in [1.54, 1.807) is 0 Å². The molecular weight excluding hydrogens is 144 g/mol. The molecule has 0 radical (unpaired) electrons. The molecule has 2 fully saturated rings. The number of fused-ring (bicyclic) bond motifs is 2. The van der Waals surface area contributed by atoms with Crippen LogP contribution >= 0.6 is 11.8 Å². The molecule has 2 heterocycles. The van der Waals surface area contributed by atoms with Gasteiger partial charge in [0.15, 0.2) is 0 Å². The number of hydrogen-bond donors (Lipinski definition) is 1. The van der Waals surface area contributed by atoms with Crippen molar-refractivity contribution in [3.63, 3.8) is 0 Å². The Labute approximate surface area is 66.2 Å². The first-order valence-electron chi connectivity index (χ1n) is 4.04. The molecule has 2 aliphatic rings. The van der Waals surface area contributed by atoms with Gasteiger partial charge in [-0.3, -0.25) is 0 Å². The maximum atomic E-state index is 9.74. The average Bonchev–Trinajstić information content (AvgIpc) is 2.08. The van der Waals surface area contributed by atoms with E-state index < -0.39 is 0 Å². The topological polar surface area (TPSA) is 20.2 Å². The van der Waals surface area contributed by atoms with Gasteiger partial charge in [-0.1, -0.05) is 0 Å². The first-order valence-corrected chi connectivity index (χ1v) is 4.98. The van der Waals surface area contributed by atoms with E-state index >= 15 is 0 Å². The molecule has 2 saturated heterocycles. The summed E-state index contributed by atoms with van der Waals surface area (Å²) in [6, 6.07) is 0. The predicted octanol–water partition coefficient (Wildman–Crippen LogP) is 1.80. The number of rotatable bonds is 0. The van der Waals surface area contributed by atoms with Gasteiger partial charge >= 0.3 is 0 Å². The van der Waals surface area contributed by atoms with E-state index in [0.717, 1.165) is 23.3 Å². The van der Waals surface area contributed by atoms with Crippen molar-refractivity contribution in [2.24, 2.45) is 0 Å². The van der Waals surface area contributed by atoms with Crippen molar-refractivity contribution in [1.29, 1.82) is 0 Å². The van der Waals surface area contributed by atoms with E-state index in [4.69, 9.17) is 0 Å². The van der Waals surface area contributed by atoms with Gasteiger partial charge in [-0.05, 0) is 32.6 Å².